The van der Waals surface area contributed by atoms with Gasteiger partial charge in [0.15, 0.2) is 0 Å². The Labute approximate surface area is 206 Å². The number of aromatic amines is 1. The maximum atomic E-state index is 12.6. The minimum absolute atomic E-state index is 0.0804. The molecule has 3 N–H and O–H groups in total. The number of fused-ring (bicyclic) bond motifs is 1. The molecule has 5 rings (SSSR count). The fraction of sp³-hybridized carbons (Fsp3) is 0.321. The third-order valence-electron chi connectivity index (χ3n) is 6.68. The van der Waals surface area contributed by atoms with Crippen molar-refractivity contribution in [3.8, 4) is 0 Å². The predicted molar refractivity (Wildman–Crippen MR) is 142 cm³/mol. The van der Waals surface area contributed by atoms with Gasteiger partial charge in [0.2, 0.25) is 0 Å². The largest absolute Gasteiger partial charge is 0.355 e. The molecule has 180 valence electrons. The Hall–Kier alpha value is -3.87. The summed E-state index contributed by atoms with van der Waals surface area (Å²) >= 11 is 0. The number of benzene rings is 2. The minimum Gasteiger partial charge on any atom is -0.355 e. The van der Waals surface area contributed by atoms with E-state index in [-0.39, 0.29) is 11.4 Å². The lowest BCUT2D eigenvalue weighted by Crippen LogP contribution is -2.35. The van der Waals surface area contributed by atoms with E-state index in [0.717, 1.165) is 54.2 Å². The van der Waals surface area contributed by atoms with E-state index in [4.69, 9.17) is 0 Å². The molecule has 0 spiro atoms. The second-order valence-electron chi connectivity index (χ2n) is 10.3. The molecule has 1 saturated heterocycles. The van der Waals surface area contributed by atoms with Crippen LogP contribution in [0.4, 0.5) is 22.0 Å². The van der Waals surface area contributed by atoms with Crippen molar-refractivity contribution >= 4 is 34.3 Å². The van der Waals surface area contributed by atoms with Gasteiger partial charge in [-0.3, -0.25) is 0 Å². The number of amides is 2. The molecule has 1 aliphatic rings. The number of hydrogen-bond donors (Lipinski definition) is 3. The number of anilines is 3. The van der Waals surface area contributed by atoms with Crippen molar-refractivity contribution in [3.63, 3.8) is 0 Å². The number of urea groups is 1. The summed E-state index contributed by atoms with van der Waals surface area (Å²) in [6.07, 6.45) is 5.72. The standard InChI is InChI=1S/C28H32N6O/c1-28(2,3)21-9-11-22(12-10-21)32-27(35)33-23-8-4-6-19(16-23)20-7-5-15-34(17-20)26-24-13-14-29-25(24)30-18-31-26/h4,6,8-14,16,18,20H,5,7,15,17H2,1-3H3,(H,29,30,31)(H2,32,33,35). The monoisotopic (exact) mass is 468 g/mol. The number of carbonyl (C=O) groups is 1. The Kier molecular flexibility index (Phi) is 6.16. The average molecular weight is 469 g/mol. The highest BCUT2D eigenvalue weighted by Gasteiger charge is 2.24. The fourth-order valence-electron chi connectivity index (χ4n) is 4.77. The zero-order valence-electron chi connectivity index (χ0n) is 20.5. The van der Waals surface area contributed by atoms with Crippen molar-refractivity contribution in [1.29, 1.82) is 0 Å². The SMILES string of the molecule is CC(C)(C)c1ccc(NC(=O)Nc2cccc(C3CCCN(c4ncnc5[nH]ccc45)C3)c2)cc1. The Bertz CT molecular complexity index is 1320. The Balaban J connectivity index is 1.25. The zero-order valence-corrected chi connectivity index (χ0v) is 20.5. The van der Waals surface area contributed by atoms with Crippen molar-refractivity contribution < 1.29 is 4.79 Å². The lowest BCUT2D eigenvalue weighted by Gasteiger charge is -2.34. The van der Waals surface area contributed by atoms with Crippen LogP contribution in [0.5, 0.6) is 0 Å². The second-order valence-corrected chi connectivity index (χ2v) is 10.3. The first-order valence-corrected chi connectivity index (χ1v) is 12.2. The van der Waals surface area contributed by atoms with Crippen molar-refractivity contribution in [1.82, 2.24) is 15.0 Å². The third-order valence-corrected chi connectivity index (χ3v) is 6.68. The number of nitrogens with zero attached hydrogens (tertiary/aromatic N) is 3. The molecule has 3 heterocycles. The summed E-state index contributed by atoms with van der Waals surface area (Å²) in [5.74, 6) is 1.34. The number of piperidine rings is 1. The van der Waals surface area contributed by atoms with Gasteiger partial charge in [0.1, 0.15) is 17.8 Å². The van der Waals surface area contributed by atoms with Crippen LogP contribution in [0, 0.1) is 0 Å². The van der Waals surface area contributed by atoms with Crippen LogP contribution >= 0.6 is 0 Å². The summed E-state index contributed by atoms with van der Waals surface area (Å²) in [5, 5.41) is 6.98. The van der Waals surface area contributed by atoms with E-state index in [9.17, 15) is 4.79 Å². The lowest BCUT2D eigenvalue weighted by molar-refractivity contribution is 0.262. The van der Waals surface area contributed by atoms with Gasteiger partial charge in [-0.2, -0.15) is 0 Å². The third kappa shape index (κ3) is 5.14. The van der Waals surface area contributed by atoms with E-state index >= 15 is 0 Å². The smallest absolute Gasteiger partial charge is 0.323 e. The van der Waals surface area contributed by atoms with E-state index in [2.05, 4.69) is 75.5 Å². The maximum Gasteiger partial charge on any atom is 0.323 e. The zero-order chi connectivity index (χ0) is 24.4. The summed E-state index contributed by atoms with van der Waals surface area (Å²) in [4.78, 5) is 27.1. The first-order valence-electron chi connectivity index (χ1n) is 12.2. The van der Waals surface area contributed by atoms with E-state index in [0.29, 0.717) is 5.92 Å². The van der Waals surface area contributed by atoms with Crippen LogP contribution in [-0.4, -0.2) is 34.1 Å². The number of aromatic nitrogens is 3. The predicted octanol–water partition coefficient (Wildman–Crippen LogP) is 6.28. The lowest BCUT2D eigenvalue weighted by atomic mass is 9.87. The first kappa shape index (κ1) is 22.9. The highest BCUT2D eigenvalue weighted by molar-refractivity contribution is 5.99. The van der Waals surface area contributed by atoms with Crippen LogP contribution in [0.25, 0.3) is 11.0 Å². The second kappa shape index (κ2) is 9.41. The van der Waals surface area contributed by atoms with Gasteiger partial charge >= 0.3 is 6.03 Å². The van der Waals surface area contributed by atoms with Crippen molar-refractivity contribution in [3.05, 3.63) is 78.2 Å². The molecule has 1 fully saturated rings. The summed E-state index contributed by atoms with van der Waals surface area (Å²) < 4.78 is 0. The summed E-state index contributed by atoms with van der Waals surface area (Å²) in [6, 6.07) is 18.0. The molecular weight excluding hydrogens is 436 g/mol. The normalized spacial score (nSPS) is 16.3. The molecule has 0 radical (unpaired) electrons. The van der Waals surface area contributed by atoms with Crippen LogP contribution in [0.15, 0.2) is 67.1 Å². The van der Waals surface area contributed by atoms with E-state index in [1.54, 1.807) is 6.33 Å². The van der Waals surface area contributed by atoms with E-state index in [1.807, 2.05) is 36.5 Å². The molecule has 35 heavy (non-hydrogen) atoms. The van der Waals surface area contributed by atoms with Crippen molar-refractivity contribution in [2.24, 2.45) is 0 Å². The number of carbonyl (C=O) groups excluding carboxylic acids is 1. The van der Waals surface area contributed by atoms with Crippen LogP contribution in [0.1, 0.15) is 50.7 Å². The number of hydrogen-bond acceptors (Lipinski definition) is 4. The van der Waals surface area contributed by atoms with Crippen molar-refractivity contribution in [2.75, 3.05) is 28.6 Å². The van der Waals surface area contributed by atoms with Gasteiger partial charge in [-0.05, 0) is 59.7 Å². The summed E-state index contributed by atoms with van der Waals surface area (Å²) in [5.41, 5.74) is 4.96. The first-order chi connectivity index (χ1) is 16.9. The molecule has 1 unspecified atom stereocenters. The van der Waals surface area contributed by atoms with Gasteiger partial charge < -0.3 is 20.5 Å². The number of rotatable bonds is 4. The highest BCUT2D eigenvalue weighted by Crippen LogP contribution is 2.32. The molecular formula is C28H32N6O. The van der Waals surface area contributed by atoms with Crippen molar-refractivity contribution in [2.45, 2.75) is 44.9 Å². The molecule has 0 saturated carbocycles. The number of nitrogens with one attached hydrogen (secondary N) is 3. The fourth-order valence-corrected chi connectivity index (χ4v) is 4.77. The number of H-pyrrole nitrogens is 1. The summed E-state index contributed by atoms with van der Waals surface area (Å²) in [6.45, 7) is 8.38. The highest BCUT2D eigenvalue weighted by atomic mass is 16.2. The van der Waals surface area contributed by atoms with Gasteiger partial charge in [0.25, 0.3) is 0 Å². The topological polar surface area (TPSA) is 85.9 Å². The van der Waals surface area contributed by atoms with E-state index < -0.39 is 0 Å². The van der Waals surface area contributed by atoms with Gasteiger partial charge in [0.05, 0.1) is 5.39 Å². The summed E-state index contributed by atoms with van der Waals surface area (Å²) in [7, 11) is 0. The molecule has 4 aromatic rings. The Morgan fingerprint density at radius 1 is 1.03 bits per heavy atom. The quantitative estimate of drug-likeness (QED) is 0.329. The van der Waals surface area contributed by atoms with Gasteiger partial charge in [-0.15, -0.1) is 0 Å². The average Bonchev–Trinajstić information content (AvgIpc) is 3.33. The van der Waals surface area contributed by atoms with Crippen LogP contribution in [-0.2, 0) is 5.41 Å². The Morgan fingerprint density at radius 2 is 1.83 bits per heavy atom. The van der Waals surface area contributed by atoms with Gasteiger partial charge in [-0.25, -0.2) is 14.8 Å². The minimum atomic E-state index is -0.244. The van der Waals surface area contributed by atoms with Crippen LogP contribution < -0.4 is 15.5 Å². The molecule has 0 bridgehead atoms. The Morgan fingerprint density at radius 3 is 2.63 bits per heavy atom. The van der Waals surface area contributed by atoms with E-state index in [1.165, 1.54) is 11.1 Å². The molecule has 7 heteroatoms. The van der Waals surface area contributed by atoms with Gasteiger partial charge in [0, 0.05) is 36.6 Å². The van der Waals surface area contributed by atoms with Crippen LogP contribution in [0.3, 0.4) is 0 Å². The molecule has 1 aliphatic heterocycles. The molecule has 0 aliphatic carbocycles. The van der Waals surface area contributed by atoms with Gasteiger partial charge in [-0.1, -0.05) is 45.0 Å². The molecule has 1 atom stereocenters. The molecule has 2 aromatic heterocycles. The molecule has 2 amide bonds. The molecule has 2 aromatic carbocycles. The van der Waals surface area contributed by atoms with Crippen LogP contribution in [0.2, 0.25) is 0 Å². The molecule has 7 nitrogen and oxygen atoms in total. The maximum absolute atomic E-state index is 12.6.